The zero-order chi connectivity index (χ0) is 22.5. The van der Waals surface area contributed by atoms with Crippen molar-refractivity contribution in [1.29, 1.82) is 0 Å². The standard InChI is InChI=1S/C21H23N5O4S/c1-5-9-26-19(28)15(14(4)22-20(26)29)10-18-24-25-21(30-18)31-11-17(27)23-16-8-6-7-12(2)13(16)3/h5-8H,1,9-11H2,2-4H3,(H,22,29)(H,23,27). The highest BCUT2D eigenvalue weighted by Crippen LogP contribution is 2.20. The predicted molar refractivity (Wildman–Crippen MR) is 119 cm³/mol. The van der Waals surface area contributed by atoms with Crippen LogP contribution in [0.25, 0.3) is 0 Å². The number of nitrogens with one attached hydrogen (secondary N) is 2. The molecule has 10 heteroatoms. The summed E-state index contributed by atoms with van der Waals surface area (Å²) < 4.78 is 6.63. The average Bonchev–Trinajstić information content (AvgIpc) is 3.18. The number of H-pyrrole nitrogens is 1. The van der Waals surface area contributed by atoms with Crippen LogP contribution < -0.4 is 16.6 Å². The minimum atomic E-state index is -0.497. The number of benzene rings is 1. The summed E-state index contributed by atoms with van der Waals surface area (Å²) in [5.41, 5.74) is 2.74. The van der Waals surface area contributed by atoms with Gasteiger partial charge in [-0.15, -0.1) is 16.8 Å². The van der Waals surface area contributed by atoms with E-state index in [9.17, 15) is 14.4 Å². The summed E-state index contributed by atoms with van der Waals surface area (Å²) in [5.74, 6) is 0.121. The number of aryl methyl sites for hydroxylation is 2. The molecular formula is C21H23N5O4S. The van der Waals surface area contributed by atoms with Crippen LogP contribution in [0.5, 0.6) is 0 Å². The molecule has 0 bridgehead atoms. The molecular weight excluding hydrogens is 418 g/mol. The highest BCUT2D eigenvalue weighted by Gasteiger charge is 2.16. The van der Waals surface area contributed by atoms with E-state index in [2.05, 4.69) is 27.1 Å². The minimum Gasteiger partial charge on any atom is -0.416 e. The highest BCUT2D eigenvalue weighted by molar-refractivity contribution is 7.99. The first-order chi connectivity index (χ1) is 14.8. The lowest BCUT2D eigenvalue weighted by molar-refractivity contribution is -0.113. The number of carbonyl (C=O) groups excluding carboxylic acids is 1. The SMILES string of the molecule is C=CCn1c(=O)[nH]c(C)c(Cc2nnc(SCC(=O)Nc3cccc(C)c3C)o2)c1=O. The van der Waals surface area contributed by atoms with Crippen molar-refractivity contribution >= 4 is 23.4 Å². The van der Waals surface area contributed by atoms with Gasteiger partial charge in [-0.25, -0.2) is 4.79 Å². The van der Waals surface area contributed by atoms with E-state index in [1.165, 1.54) is 6.08 Å². The molecule has 1 amide bonds. The summed E-state index contributed by atoms with van der Waals surface area (Å²) in [6.45, 7) is 9.23. The molecule has 0 saturated heterocycles. The van der Waals surface area contributed by atoms with Gasteiger partial charge in [0.1, 0.15) is 0 Å². The van der Waals surface area contributed by atoms with Gasteiger partial charge >= 0.3 is 5.69 Å². The van der Waals surface area contributed by atoms with Gasteiger partial charge in [0, 0.05) is 23.5 Å². The van der Waals surface area contributed by atoms with E-state index in [1.54, 1.807) is 6.92 Å². The molecule has 0 atom stereocenters. The van der Waals surface area contributed by atoms with Crippen molar-refractivity contribution in [2.24, 2.45) is 0 Å². The Morgan fingerprint density at radius 2 is 2.06 bits per heavy atom. The zero-order valence-electron chi connectivity index (χ0n) is 17.5. The number of hydrogen-bond donors (Lipinski definition) is 2. The van der Waals surface area contributed by atoms with Crippen molar-refractivity contribution in [3.63, 3.8) is 0 Å². The van der Waals surface area contributed by atoms with Crippen molar-refractivity contribution in [3.8, 4) is 0 Å². The molecule has 31 heavy (non-hydrogen) atoms. The van der Waals surface area contributed by atoms with E-state index < -0.39 is 11.2 Å². The third kappa shape index (κ3) is 5.21. The molecule has 9 nitrogen and oxygen atoms in total. The van der Waals surface area contributed by atoms with Gasteiger partial charge in [0.2, 0.25) is 11.8 Å². The lowest BCUT2D eigenvalue weighted by Crippen LogP contribution is -2.37. The molecule has 0 unspecified atom stereocenters. The van der Waals surface area contributed by atoms with Crippen LogP contribution in [0.4, 0.5) is 5.69 Å². The number of allylic oxidation sites excluding steroid dienone is 1. The number of rotatable bonds is 8. The number of carbonyl (C=O) groups is 1. The van der Waals surface area contributed by atoms with E-state index in [0.29, 0.717) is 11.3 Å². The first kappa shape index (κ1) is 22.3. The van der Waals surface area contributed by atoms with Crippen molar-refractivity contribution in [1.82, 2.24) is 19.7 Å². The lowest BCUT2D eigenvalue weighted by atomic mass is 10.1. The van der Waals surface area contributed by atoms with Crippen LogP contribution in [0.1, 0.15) is 28.3 Å². The van der Waals surface area contributed by atoms with Crippen molar-refractivity contribution in [2.75, 3.05) is 11.1 Å². The minimum absolute atomic E-state index is 0.0703. The maximum atomic E-state index is 12.6. The Morgan fingerprint density at radius 1 is 1.29 bits per heavy atom. The number of aromatic amines is 1. The third-order valence-corrected chi connectivity index (χ3v) is 5.61. The van der Waals surface area contributed by atoms with Crippen LogP contribution in [0, 0.1) is 20.8 Å². The number of hydrogen-bond acceptors (Lipinski definition) is 7. The Bertz CT molecular complexity index is 1240. The maximum Gasteiger partial charge on any atom is 0.328 e. The van der Waals surface area contributed by atoms with Crippen molar-refractivity contribution in [3.05, 3.63) is 80.0 Å². The second-order valence-electron chi connectivity index (χ2n) is 6.96. The molecule has 3 rings (SSSR count). The Kier molecular flexibility index (Phi) is 6.91. The normalized spacial score (nSPS) is 10.8. The quantitative estimate of drug-likeness (QED) is 0.406. The van der Waals surface area contributed by atoms with E-state index in [4.69, 9.17) is 4.42 Å². The van der Waals surface area contributed by atoms with Crippen LogP contribution in [0.15, 0.2) is 50.1 Å². The van der Waals surface area contributed by atoms with Gasteiger partial charge in [0.05, 0.1) is 12.2 Å². The number of amides is 1. The summed E-state index contributed by atoms with van der Waals surface area (Å²) >= 11 is 1.10. The fourth-order valence-electron chi connectivity index (χ4n) is 2.94. The van der Waals surface area contributed by atoms with Gasteiger partial charge < -0.3 is 14.7 Å². The molecule has 162 valence electrons. The van der Waals surface area contributed by atoms with Crippen molar-refractivity contribution < 1.29 is 9.21 Å². The van der Waals surface area contributed by atoms with E-state index in [-0.39, 0.29) is 35.7 Å². The zero-order valence-corrected chi connectivity index (χ0v) is 18.3. The molecule has 2 aromatic heterocycles. The molecule has 0 saturated carbocycles. The maximum absolute atomic E-state index is 12.6. The van der Waals surface area contributed by atoms with E-state index in [0.717, 1.165) is 33.1 Å². The summed E-state index contributed by atoms with van der Waals surface area (Å²) in [7, 11) is 0. The third-order valence-electron chi connectivity index (χ3n) is 4.79. The fourth-order valence-corrected chi connectivity index (χ4v) is 3.52. The van der Waals surface area contributed by atoms with Gasteiger partial charge in [-0.05, 0) is 38.0 Å². The largest absolute Gasteiger partial charge is 0.416 e. The van der Waals surface area contributed by atoms with Crippen LogP contribution in [-0.4, -0.2) is 31.4 Å². The lowest BCUT2D eigenvalue weighted by Gasteiger charge is -2.09. The Balaban J connectivity index is 1.66. The Morgan fingerprint density at radius 3 is 2.81 bits per heavy atom. The Hall–Kier alpha value is -3.40. The van der Waals surface area contributed by atoms with Gasteiger partial charge in [0.15, 0.2) is 0 Å². The molecule has 2 N–H and O–H groups in total. The summed E-state index contributed by atoms with van der Waals surface area (Å²) in [5, 5.41) is 11.0. The number of thioether (sulfide) groups is 1. The summed E-state index contributed by atoms with van der Waals surface area (Å²) in [4.78, 5) is 39.4. The van der Waals surface area contributed by atoms with Crippen molar-refractivity contribution in [2.45, 2.75) is 39.0 Å². The predicted octanol–water partition coefficient (Wildman–Crippen LogP) is 2.35. The second-order valence-corrected chi connectivity index (χ2v) is 7.89. The molecule has 0 radical (unpaired) electrons. The van der Waals surface area contributed by atoms with Gasteiger partial charge in [-0.3, -0.25) is 14.2 Å². The molecule has 1 aromatic carbocycles. The summed E-state index contributed by atoms with van der Waals surface area (Å²) in [6, 6.07) is 5.72. The molecule has 0 aliphatic carbocycles. The fraction of sp³-hybridized carbons (Fsp3) is 0.286. The van der Waals surface area contributed by atoms with Gasteiger partial charge in [-0.2, -0.15) is 0 Å². The first-order valence-electron chi connectivity index (χ1n) is 9.55. The molecule has 0 aliphatic rings. The molecule has 0 spiro atoms. The molecule has 0 fully saturated rings. The number of nitrogens with zero attached hydrogens (tertiary/aromatic N) is 3. The Labute approximate surface area is 182 Å². The molecule has 2 heterocycles. The van der Waals surface area contributed by atoms with E-state index >= 15 is 0 Å². The summed E-state index contributed by atoms with van der Waals surface area (Å²) in [6.07, 6.45) is 1.54. The topological polar surface area (TPSA) is 123 Å². The molecule has 3 aromatic rings. The highest BCUT2D eigenvalue weighted by atomic mass is 32.2. The van der Waals surface area contributed by atoms with Gasteiger partial charge in [0.25, 0.3) is 10.8 Å². The van der Waals surface area contributed by atoms with Crippen LogP contribution >= 0.6 is 11.8 Å². The van der Waals surface area contributed by atoms with Gasteiger partial charge in [-0.1, -0.05) is 30.0 Å². The van der Waals surface area contributed by atoms with Crippen LogP contribution in [0.2, 0.25) is 0 Å². The second kappa shape index (κ2) is 9.61. The number of anilines is 1. The first-order valence-corrected chi connectivity index (χ1v) is 10.5. The monoisotopic (exact) mass is 441 g/mol. The smallest absolute Gasteiger partial charge is 0.328 e. The average molecular weight is 442 g/mol. The van der Waals surface area contributed by atoms with Crippen LogP contribution in [-0.2, 0) is 17.8 Å². The van der Waals surface area contributed by atoms with Crippen LogP contribution in [0.3, 0.4) is 0 Å². The number of aromatic nitrogens is 4. The van der Waals surface area contributed by atoms with E-state index in [1.807, 2.05) is 32.0 Å². The molecule has 0 aliphatic heterocycles.